The monoisotopic (exact) mass is 316 g/mol. The van der Waals surface area contributed by atoms with Gasteiger partial charge in [0.15, 0.2) is 6.61 Å². The molecule has 0 bridgehead atoms. The van der Waals surface area contributed by atoms with Crippen LogP contribution in [0.3, 0.4) is 0 Å². The first-order valence-corrected chi connectivity index (χ1v) is 7.26. The van der Waals surface area contributed by atoms with Crippen LogP contribution in [-0.4, -0.2) is 31.3 Å². The second-order valence-electron chi connectivity index (χ2n) is 5.28. The van der Waals surface area contributed by atoms with Crippen LogP contribution >= 0.6 is 0 Å². The van der Waals surface area contributed by atoms with Gasteiger partial charge < -0.3 is 15.4 Å². The van der Waals surface area contributed by atoms with Crippen molar-refractivity contribution in [2.24, 2.45) is 0 Å². The number of hydrogen-bond donors (Lipinski definition) is 2. The molecule has 122 valence electrons. The van der Waals surface area contributed by atoms with Crippen molar-refractivity contribution >= 4 is 11.6 Å². The van der Waals surface area contributed by atoms with E-state index in [0.29, 0.717) is 12.5 Å². The van der Waals surface area contributed by atoms with Gasteiger partial charge in [0.25, 0.3) is 0 Å². The Balaban J connectivity index is 1.86. The van der Waals surface area contributed by atoms with E-state index in [1.54, 1.807) is 12.1 Å². The van der Waals surface area contributed by atoms with Gasteiger partial charge in [-0.25, -0.2) is 0 Å². The summed E-state index contributed by atoms with van der Waals surface area (Å²) in [6, 6.07) is 6.47. The van der Waals surface area contributed by atoms with E-state index in [1.165, 1.54) is 12.1 Å². The summed E-state index contributed by atoms with van der Waals surface area (Å²) in [5.41, 5.74) is 0.260. The minimum absolute atomic E-state index is 0.0205. The van der Waals surface area contributed by atoms with Crippen LogP contribution in [0.2, 0.25) is 0 Å². The van der Waals surface area contributed by atoms with Crippen molar-refractivity contribution in [2.75, 3.05) is 18.5 Å². The molecule has 22 heavy (non-hydrogen) atoms. The molecule has 0 radical (unpaired) electrons. The summed E-state index contributed by atoms with van der Waals surface area (Å²) < 4.78 is 41.4. The van der Waals surface area contributed by atoms with E-state index in [0.717, 1.165) is 25.8 Å². The van der Waals surface area contributed by atoms with Gasteiger partial charge in [0, 0.05) is 12.5 Å². The smallest absolute Gasteiger partial charge is 0.422 e. The molecule has 1 aliphatic rings. The molecule has 1 heterocycles. The topological polar surface area (TPSA) is 50.4 Å². The number of benzene rings is 1. The van der Waals surface area contributed by atoms with Crippen molar-refractivity contribution in [1.82, 2.24) is 5.32 Å². The van der Waals surface area contributed by atoms with Crippen LogP contribution in [0.25, 0.3) is 0 Å². The average molecular weight is 316 g/mol. The van der Waals surface area contributed by atoms with Gasteiger partial charge in [-0.1, -0.05) is 12.1 Å². The number of amides is 1. The Morgan fingerprint density at radius 1 is 1.36 bits per heavy atom. The van der Waals surface area contributed by atoms with Crippen molar-refractivity contribution in [1.29, 1.82) is 0 Å². The highest BCUT2D eigenvalue weighted by atomic mass is 19.4. The summed E-state index contributed by atoms with van der Waals surface area (Å²) in [5.74, 6) is -0.205. The van der Waals surface area contributed by atoms with Crippen molar-refractivity contribution in [3.8, 4) is 5.75 Å². The molecule has 2 N–H and O–H groups in total. The van der Waals surface area contributed by atoms with E-state index >= 15 is 0 Å². The molecule has 1 aliphatic heterocycles. The molecule has 1 saturated heterocycles. The minimum Gasteiger partial charge on any atom is -0.482 e. The van der Waals surface area contributed by atoms with Gasteiger partial charge in [-0.2, -0.15) is 13.2 Å². The maximum absolute atomic E-state index is 12.2. The van der Waals surface area contributed by atoms with Gasteiger partial charge in [-0.3, -0.25) is 4.79 Å². The lowest BCUT2D eigenvalue weighted by atomic mass is 10.1. The van der Waals surface area contributed by atoms with Crippen LogP contribution in [0.1, 0.15) is 25.7 Å². The van der Waals surface area contributed by atoms with Gasteiger partial charge in [-0.15, -0.1) is 0 Å². The fourth-order valence-corrected chi connectivity index (χ4v) is 2.38. The van der Waals surface area contributed by atoms with Gasteiger partial charge >= 0.3 is 6.18 Å². The molecular weight excluding hydrogens is 297 g/mol. The Labute approximate surface area is 127 Å². The number of ether oxygens (including phenoxy) is 1. The van der Waals surface area contributed by atoms with E-state index in [2.05, 4.69) is 10.6 Å². The largest absolute Gasteiger partial charge is 0.482 e. The number of anilines is 1. The molecule has 0 spiro atoms. The number of alkyl halides is 3. The van der Waals surface area contributed by atoms with Crippen molar-refractivity contribution in [2.45, 2.75) is 37.9 Å². The van der Waals surface area contributed by atoms with Crippen LogP contribution in [0.4, 0.5) is 18.9 Å². The molecule has 4 nitrogen and oxygen atoms in total. The zero-order chi connectivity index (χ0) is 16.0. The zero-order valence-electron chi connectivity index (χ0n) is 12.1. The maximum Gasteiger partial charge on any atom is 0.422 e. The molecule has 1 amide bonds. The number of carbonyl (C=O) groups excluding carboxylic acids is 1. The van der Waals surface area contributed by atoms with E-state index in [1.807, 2.05) is 0 Å². The number of para-hydroxylation sites is 2. The number of carbonyl (C=O) groups is 1. The fourth-order valence-electron chi connectivity index (χ4n) is 2.38. The van der Waals surface area contributed by atoms with Crippen LogP contribution in [-0.2, 0) is 4.79 Å². The molecule has 7 heteroatoms. The second-order valence-corrected chi connectivity index (χ2v) is 5.28. The van der Waals surface area contributed by atoms with Gasteiger partial charge in [0.2, 0.25) is 5.91 Å². The Bertz CT molecular complexity index is 500. The Hall–Kier alpha value is -1.76. The molecular formula is C15H19F3N2O2. The van der Waals surface area contributed by atoms with Gasteiger partial charge in [0.1, 0.15) is 5.75 Å². The van der Waals surface area contributed by atoms with E-state index < -0.39 is 12.8 Å². The van der Waals surface area contributed by atoms with E-state index in [9.17, 15) is 18.0 Å². The van der Waals surface area contributed by atoms with Gasteiger partial charge in [-0.05, 0) is 37.9 Å². The lowest BCUT2D eigenvalue weighted by Gasteiger charge is -2.14. The summed E-state index contributed by atoms with van der Waals surface area (Å²) in [7, 11) is 0. The highest BCUT2D eigenvalue weighted by Crippen LogP contribution is 2.26. The third-order valence-electron chi connectivity index (χ3n) is 3.43. The third-order valence-corrected chi connectivity index (χ3v) is 3.43. The Morgan fingerprint density at radius 2 is 2.14 bits per heavy atom. The van der Waals surface area contributed by atoms with Crippen molar-refractivity contribution in [3.05, 3.63) is 24.3 Å². The summed E-state index contributed by atoms with van der Waals surface area (Å²) >= 11 is 0. The van der Waals surface area contributed by atoms with Crippen LogP contribution < -0.4 is 15.4 Å². The summed E-state index contributed by atoms with van der Waals surface area (Å²) in [6.45, 7) is -0.410. The second kappa shape index (κ2) is 7.49. The number of hydrogen-bond acceptors (Lipinski definition) is 3. The number of nitrogens with one attached hydrogen (secondary N) is 2. The molecule has 0 saturated carbocycles. The lowest BCUT2D eigenvalue weighted by molar-refractivity contribution is -0.153. The quantitative estimate of drug-likeness (QED) is 0.848. The SMILES string of the molecule is O=C(CCC1CCCN1)Nc1ccccc1OCC(F)(F)F. The first kappa shape index (κ1) is 16.6. The summed E-state index contributed by atoms with van der Waals surface area (Å²) in [4.78, 5) is 11.9. The highest BCUT2D eigenvalue weighted by Gasteiger charge is 2.28. The summed E-state index contributed by atoms with van der Waals surface area (Å²) in [6.07, 6.45) is -1.20. The van der Waals surface area contributed by atoms with Crippen molar-refractivity contribution in [3.63, 3.8) is 0 Å². The van der Waals surface area contributed by atoms with Gasteiger partial charge in [0.05, 0.1) is 5.69 Å². The van der Waals surface area contributed by atoms with Crippen LogP contribution in [0, 0.1) is 0 Å². The van der Waals surface area contributed by atoms with E-state index in [4.69, 9.17) is 4.74 Å². The van der Waals surface area contributed by atoms with Crippen LogP contribution in [0.15, 0.2) is 24.3 Å². The summed E-state index contributed by atoms with van der Waals surface area (Å²) in [5, 5.41) is 5.91. The number of halogens is 3. The average Bonchev–Trinajstić information content (AvgIpc) is 2.97. The standard InChI is InChI=1S/C15H19F3N2O2/c16-15(17,18)10-22-13-6-2-1-5-12(13)20-14(21)8-7-11-4-3-9-19-11/h1-2,5-6,11,19H,3-4,7-10H2,(H,20,21). The Kier molecular flexibility index (Phi) is 5.65. The molecule has 1 unspecified atom stereocenters. The molecule has 1 atom stereocenters. The Morgan fingerprint density at radius 3 is 2.82 bits per heavy atom. The fraction of sp³-hybridized carbons (Fsp3) is 0.533. The number of rotatable bonds is 6. The molecule has 0 aliphatic carbocycles. The predicted molar refractivity (Wildman–Crippen MR) is 76.9 cm³/mol. The molecule has 2 rings (SSSR count). The van der Waals surface area contributed by atoms with E-state index in [-0.39, 0.29) is 17.3 Å². The first-order valence-electron chi connectivity index (χ1n) is 7.26. The predicted octanol–water partition coefficient (Wildman–Crippen LogP) is 3.10. The first-order chi connectivity index (χ1) is 10.4. The molecule has 1 aromatic carbocycles. The highest BCUT2D eigenvalue weighted by molar-refractivity contribution is 5.92. The van der Waals surface area contributed by atoms with Crippen molar-refractivity contribution < 1.29 is 22.7 Å². The molecule has 0 aromatic heterocycles. The molecule has 1 fully saturated rings. The third kappa shape index (κ3) is 5.55. The maximum atomic E-state index is 12.2. The minimum atomic E-state index is -4.41. The normalized spacial score (nSPS) is 18.2. The lowest BCUT2D eigenvalue weighted by Crippen LogP contribution is -2.24. The zero-order valence-corrected chi connectivity index (χ0v) is 12.1. The molecule has 1 aromatic rings. The van der Waals surface area contributed by atoms with Crippen LogP contribution in [0.5, 0.6) is 5.75 Å².